The third-order valence-corrected chi connectivity index (χ3v) is 6.58. The third-order valence-electron chi connectivity index (χ3n) is 6.58. The van der Waals surface area contributed by atoms with Gasteiger partial charge in [-0.15, -0.1) is 5.06 Å². The van der Waals surface area contributed by atoms with Crippen molar-refractivity contribution in [3.63, 3.8) is 0 Å². The topological polar surface area (TPSA) is 72.4 Å². The van der Waals surface area contributed by atoms with Crippen molar-refractivity contribution in [3.8, 4) is 5.75 Å². The molecule has 3 aromatic rings. The highest BCUT2D eigenvalue weighted by Gasteiger charge is 2.43. The molecule has 0 unspecified atom stereocenters. The fraction of sp³-hybridized carbons (Fsp3) is 0.286. The van der Waals surface area contributed by atoms with E-state index in [9.17, 15) is 18.0 Å². The molecular weight excluding hydrogens is 499 g/mol. The predicted octanol–water partition coefficient (Wildman–Crippen LogP) is 6.41. The Kier molecular flexibility index (Phi) is 7.24. The normalized spacial score (nSPS) is 17.0. The molecule has 1 amide bonds. The van der Waals surface area contributed by atoms with Gasteiger partial charge in [0.1, 0.15) is 18.0 Å². The molecule has 5 rings (SSSR count). The van der Waals surface area contributed by atoms with Gasteiger partial charge in [0.15, 0.2) is 0 Å². The minimum atomic E-state index is -4.38. The number of carbonyl (C=O) groups is 1. The minimum absolute atomic E-state index is 0.440. The molecule has 1 fully saturated rings. The number of ether oxygens (including phenoxy) is 1. The molecule has 1 spiro atoms. The number of alkyl halides is 3. The monoisotopic (exact) mass is 525 g/mol. The van der Waals surface area contributed by atoms with E-state index >= 15 is 0 Å². The van der Waals surface area contributed by atoms with E-state index in [2.05, 4.69) is 10.5 Å². The van der Waals surface area contributed by atoms with E-state index in [1.807, 2.05) is 30.3 Å². The van der Waals surface area contributed by atoms with Crippen LogP contribution in [0, 0.1) is 0 Å². The Morgan fingerprint density at radius 2 is 1.66 bits per heavy atom. The number of hydrogen-bond donors (Lipinski definition) is 1. The van der Waals surface area contributed by atoms with Crippen molar-refractivity contribution in [2.45, 2.75) is 37.6 Å². The number of halogens is 3. The highest BCUT2D eigenvalue weighted by Crippen LogP contribution is 2.37. The van der Waals surface area contributed by atoms with Crippen LogP contribution >= 0.6 is 0 Å². The summed E-state index contributed by atoms with van der Waals surface area (Å²) in [5.74, 6) is 0.684. The molecule has 0 radical (unpaired) electrons. The average molecular weight is 526 g/mol. The number of benzene rings is 3. The van der Waals surface area contributed by atoms with E-state index in [4.69, 9.17) is 14.4 Å². The van der Waals surface area contributed by atoms with Crippen molar-refractivity contribution in [2.24, 2.45) is 5.16 Å². The second-order valence-corrected chi connectivity index (χ2v) is 9.30. The van der Waals surface area contributed by atoms with Crippen LogP contribution < -0.4 is 10.1 Å². The molecular formula is C28H26F3N3O4. The Balaban J connectivity index is 1.06. The van der Waals surface area contributed by atoms with Crippen molar-refractivity contribution in [1.82, 2.24) is 5.06 Å². The molecule has 2 aliphatic rings. The molecule has 1 saturated heterocycles. The molecule has 38 heavy (non-hydrogen) atoms. The van der Waals surface area contributed by atoms with Crippen LogP contribution in [0.5, 0.6) is 5.75 Å². The number of nitrogens with zero attached hydrogens (tertiary/aromatic N) is 2. The van der Waals surface area contributed by atoms with E-state index in [1.165, 1.54) is 12.1 Å². The number of rotatable bonds is 6. The van der Waals surface area contributed by atoms with Gasteiger partial charge in [-0.2, -0.15) is 13.2 Å². The number of oxime groups is 1. The average Bonchev–Trinajstić information content (AvgIpc) is 3.33. The van der Waals surface area contributed by atoms with E-state index in [1.54, 1.807) is 29.3 Å². The van der Waals surface area contributed by atoms with Crippen molar-refractivity contribution in [1.29, 1.82) is 0 Å². The first-order valence-corrected chi connectivity index (χ1v) is 12.2. The summed E-state index contributed by atoms with van der Waals surface area (Å²) in [5.41, 5.74) is 1.60. The van der Waals surface area contributed by atoms with E-state index in [-0.39, 0.29) is 0 Å². The maximum atomic E-state index is 12.8. The number of amides is 1. The van der Waals surface area contributed by atoms with Crippen molar-refractivity contribution in [3.05, 3.63) is 95.6 Å². The first-order chi connectivity index (χ1) is 18.3. The fourth-order valence-electron chi connectivity index (χ4n) is 4.41. The molecule has 10 heteroatoms. The molecule has 0 aromatic heterocycles. The standard InChI is InChI=1S/C28H26F3N3O4/c29-28(30,31)22-8-6-21(7-9-22)25-18-27(38-33-25)14-16-34(17-15-27)37-26(35)32-23-10-12-24(13-11-23)36-19-20-4-2-1-3-5-20/h1-13H,14-19H2,(H,32,35). The Labute approximate surface area is 217 Å². The van der Waals surface area contributed by atoms with E-state index < -0.39 is 23.4 Å². The summed E-state index contributed by atoms with van der Waals surface area (Å²) in [6, 6.07) is 21.8. The zero-order valence-electron chi connectivity index (χ0n) is 20.4. The minimum Gasteiger partial charge on any atom is -0.489 e. The molecule has 0 saturated carbocycles. The summed E-state index contributed by atoms with van der Waals surface area (Å²) in [4.78, 5) is 23.6. The Hall–Kier alpha value is -4.05. The number of hydroxylamine groups is 2. The first-order valence-electron chi connectivity index (χ1n) is 12.2. The molecule has 2 heterocycles. The van der Waals surface area contributed by atoms with Crippen molar-refractivity contribution in [2.75, 3.05) is 18.4 Å². The Bertz CT molecular complexity index is 1270. The number of hydrogen-bond acceptors (Lipinski definition) is 6. The van der Waals surface area contributed by atoms with Gasteiger partial charge in [-0.05, 0) is 47.5 Å². The van der Waals surface area contributed by atoms with Crippen LogP contribution in [0.3, 0.4) is 0 Å². The summed E-state index contributed by atoms with van der Waals surface area (Å²) in [6.45, 7) is 1.33. The van der Waals surface area contributed by atoms with Crippen molar-refractivity contribution < 1.29 is 32.4 Å². The van der Waals surface area contributed by atoms with Gasteiger partial charge in [0.25, 0.3) is 0 Å². The molecule has 3 aromatic carbocycles. The van der Waals surface area contributed by atoms with Crippen LogP contribution in [0.25, 0.3) is 0 Å². The Morgan fingerprint density at radius 1 is 0.974 bits per heavy atom. The molecule has 0 aliphatic carbocycles. The van der Waals surface area contributed by atoms with E-state index in [0.717, 1.165) is 17.7 Å². The van der Waals surface area contributed by atoms with E-state index in [0.29, 0.717) is 61.7 Å². The maximum Gasteiger partial charge on any atom is 0.430 e. The lowest BCUT2D eigenvalue weighted by molar-refractivity contribution is -0.154. The molecule has 0 atom stereocenters. The van der Waals surface area contributed by atoms with Crippen LogP contribution in [-0.4, -0.2) is 35.6 Å². The summed E-state index contributed by atoms with van der Waals surface area (Å²) in [6.07, 6.45) is -3.39. The maximum absolute atomic E-state index is 12.8. The van der Waals surface area contributed by atoms with Crippen LogP contribution in [0.15, 0.2) is 84.0 Å². The Morgan fingerprint density at radius 3 is 2.32 bits per heavy atom. The van der Waals surface area contributed by atoms with Gasteiger partial charge < -0.3 is 14.4 Å². The SMILES string of the molecule is O=C(Nc1ccc(OCc2ccccc2)cc1)ON1CCC2(CC1)CC(c1ccc(C(F)(F)F)cc1)=NO2. The van der Waals surface area contributed by atoms with Crippen LogP contribution in [0.4, 0.5) is 23.7 Å². The lowest BCUT2D eigenvalue weighted by Gasteiger charge is -2.35. The lowest BCUT2D eigenvalue weighted by Crippen LogP contribution is -2.45. The largest absolute Gasteiger partial charge is 0.489 e. The fourth-order valence-corrected chi connectivity index (χ4v) is 4.41. The number of anilines is 1. The van der Waals surface area contributed by atoms with Gasteiger partial charge in [0.05, 0.1) is 11.3 Å². The molecule has 7 nitrogen and oxygen atoms in total. The van der Waals surface area contributed by atoms with Crippen LogP contribution in [-0.2, 0) is 22.5 Å². The lowest BCUT2D eigenvalue weighted by atomic mass is 9.86. The third kappa shape index (κ3) is 6.25. The quantitative estimate of drug-likeness (QED) is 0.403. The van der Waals surface area contributed by atoms with Crippen molar-refractivity contribution >= 4 is 17.5 Å². The molecule has 198 valence electrons. The van der Waals surface area contributed by atoms with Crippen LogP contribution in [0.1, 0.15) is 36.0 Å². The molecule has 2 aliphatic heterocycles. The zero-order valence-corrected chi connectivity index (χ0v) is 20.4. The summed E-state index contributed by atoms with van der Waals surface area (Å²) in [7, 11) is 0. The smallest absolute Gasteiger partial charge is 0.430 e. The summed E-state index contributed by atoms with van der Waals surface area (Å²) in [5, 5.41) is 8.41. The predicted molar refractivity (Wildman–Crippen MR) is 135 cm³/mol. The first kappa shape index (κ1) is 25.6. The van der Waals surface area contributed by atoms with Crippen LogP contribution in [0.2, 0.25) is 0 Å². The highest BCUT2D eigenvalue weighted by molar-refractivity contribution is 6.01. The summed E-state index contributed by atoms with van der Waals surface area (Å²) >= 11 is 0. The second kappa shape index (κ2) is 10.7. The zero-order chi connectivity index (χ0) is 26.6. The van der Waals surface area contributed by atoms with Gasteiger partial charge in [0.2, 0.25) is 0 Å². The second-order valence-electron chi connectivity index (χ2n) is 9.30. The molecule has 1 N–H and O–H groups in total. The number of nitrogens with one attached hydrogen (secondary N) is 1. The summed E-state index contributed by atoms with van der Waals surface area (Å²) < 4.78 is 44.2. The highest BCUT2D eigenvalue weighted by atomic mass is 19.4. The van der Waals surface area contributed by atoms with Gasteiger partial charge in [-0.1, -0.05) is 47.6 Å². The molecule has 0 bridgehead atoms. The number of piperidine rings is 1. The van der Waals surface area contributed by atoms with Gasteiger partial charge in [-0.25, -0.2) is 4.79 Å². The van der Waals surface area contributed by atoms with Gasteiger partial charge in [-0.3, -0.25) is 5.32 Å². The van der Waals surface area contributed by atoms with Gasteiger partial charge >= 0.3 is 12.3 Å². The van der Waals surface area contributed by atoms with Gasteiger partial charge in [0, 0.05) is 38.0 Å². The number of carbonyl (C=O) groups excluding carboxylic acids is 1.